The maximum atomic E-state index is 11.7. The van der Waals surface area contributed by atoms with Gasteiger partial charge in [-0.25, -0.2) is 4.79 Å². The molecule has 1 aromatic heterocycles. The number of rotatable bonds is 2. The summed E-state index contributed by atoms with van der Waals surface area (Å²) in [4.78, 5) is 13.8. The van der Waals surface area contributed by atoms with Gasteiger partial charge in [-0.3, -0.25) is 4.90 Å². The third-order valence-corrected chi connectivity index (χ3v) is 2.78. The maximum absolute atomic E-state index is 11.7. The smallest absolute Gasteiger partial charge is 0.362 e. The molecule has 16 heavy (non-hydrogen) atoms. The fourth-order valence-electron chi connectivity index (χ4n) is 1.84. The lowest BCUT2D eigenvalue weighted by Crippen LogP contribution is -2.39. The van der Waals surface area contributed by atoms with E-state index in [1.54, 1.807) is 13.0 Å². The lowest BCUT2D eigenvalue weighted by Gasteiger charge is -2.31. The van der Waals surface area contributed by atoms with Crippen LogP contribution in [0.5, 0.6) is 0 Å². The number of nitrogens with zero attached hydrogens (tertiary/aromatic N) is 2. The summed E-state index contributed by atoms with van der Waals surface area (Å²) in [6.45, 7) is 2.71. The second-order valence-corrected chi connectivity index (χ2v) is 4.16. The van der Waals surface area contributed by atoms with E-state index in [9.17, 15) is 4.79 Å². The van der Waals surface area contributed by atoms with Crippen molar-refractivity contribution in [3.8, 4) is 0 Å². The number of likely N-dealkylation sites (tertiary alicyclic amines) is 1. The number of piperidine rings is 1. The van der Waals surface area contributed by atoms with Crippen molar-refractivity contribution in [2.45, 2.75) is 32.4 Å². The average Bonchev–Trinajstić information content (AvgIpc) is 2.68. The highest BCUT2D eigenvalue weighted by Gasteiger charge is 2.24. The summed E-state index contributed by atoms with van der Waals surface area (Å²) in [5.41, 5.74) is 0.247. The van der Waals surface area contributed by atoms with Crippen LogP contribution in [0.1, 0.15) is 35.5 Å². The quantitative estimate of drug-likeness (QED) is 0.714. The van der Waals surface area contributed by atoms with Crippen LogP contribution in [0.2, 0.25) is 0 Å². The number of hydrogen-bond donors (Lipinski definition) is 0. The molecule has 88 valence electrons. The van der Waals surface area contributed by atoms with Crippen LogP contribution in [0.4, 0.5) is 0 Å². The number of aryl methyl sites for hydroxylation is 1. The van der Waals surface area contributed by atoms with Crippen molar-refractivity contribution in [2.75, 3.05) is 13.6 Å². The van der Waals surface area contributed by atoms with E-state index in [0.717, 1.165) is 25.8 Å². The van der Waals surface area contributed by atoms with E-state index in [2.05, 4.69) is 5.16 Å². The Morgan fingerprint density at radius 3 is 3.06 bits per heavy atom. The van der Waals surface area contributed by atoms with Crippen molar-refractivity contribution < 1.29 is 14.1 Å². The lowest BCUT2D eigenvalue weighted by atomic mass is 10.1. The zero-order chi connectivity index (χ0) is 11.5. The molecule has 1 unspecified atom stereocenters. The molecule has 5 heteroatoms. The highest BCUT2D eigenvalue weighted by molar-refractivity contribution is 5.87. The normalized spacial score (nSPS) is 22.0. The van der Waals surface area contributed by atoms with E-state index in [1.807, 2.05) is 11.9 Å². The number of hydrogen-bond acceptors (Lipinski definition) is 5. The molecule has 1 atom stereocenters. The van der Waals surface area contributed by atoms with Crippen LogP contribution in [0, 0.1) is 6.92 Å². The Morgan fingerprint density at radius 1 is 1.62 bits per heavy atom. The van der Waals surface area contributed by atoms with Gasteiger partial charge < -0.3 is 9.26 Å². The molecule has 2 rings (SSSR count). The molecular weight excluding hydrogens is 208 g/mol. The predicted molar refractivity (Wildman–Crippen MR) is 56.9 cm³/mol. The van der Waals surface area contributed by atoms with Gasteiger partial charge in [0.25, 0.3) is 0 Å². The molecular formula is C11H16N2O3. The molecule has 0 N–H and O–H groups in total. The molecule has 1 aliphatic rings. The summed E-state index contributed by atoms with van der Waals surface area (Å²) in [6.07, 6.45) is 3.02. The molecule has 0 saturated carbocycles. The Bertz CT molecular complexity index is 375. The fraction of sp³-hybridized carbons (Fsp3) is 0.636. The van der Waals surface area contributed by atoms with E-state index < -0.39 is 5.97 Å². The molecule has 1 saturated heterocycles. The van der Waals surface area contributed by atoms with Crippen LogP contribution >= 0.6 is 0 Å². The molecule has 1 fully saturated rings. The fourth-order valence-corrected chi connectivity index (χ4v) is 1.84. The standard InChI is InChI=1S/C11H16N2O3/c1-8-7-9(12-16-8)11(14)15-10-5-3-4-6-13(10)2/h7,10H,3-6H2,1-2H3. The number of ether oxygens (including phenoxy) is 1. The van der Waals surface area contributed by atoms with Crippen LogP contribution in [-0.2, 0) is 4.74 Å². The van der Waals surface area contributed by atoms with Gasteiger partial charge in [-0.05, 0) is 33.2 Å². The topological polar surface area (TPSA) is 55.6 Å². The Labute approximate surface area is 94.3 Å². The van der Waals surface area contributed by atoms with E-state index in [1.165, 1.54) is 0 Å². The first kappa shape index (κ1) is 11.1. The van der Waals surface area contributed by atoms with Gasteiger partial charge in [0.2, 0.25) is 0 Å². The second kappa shape index (κ2) is 4.65. The highest BCUT2D eigenvalue weighted by atomic mass is 16.6. The molecule has 5 nitrogen and oxygen atoms in total. The van der Waals surface area contributed by atoms with Crippen LogP contribution in [0.15, 0.2) is 10.6 Å². The van der Waals surface area contributed by atoms with Gasteiger partial charge in [0.1, 0.15) is 5.76 Å². The summed E-state index contributed by atoms with van der Waals surface area (Å²) < 4.78 is 10.2. The van der Waals surface area contributed by atoms with E-state index in [-0.39, 0.29) is 11.9 Å². The number of carbonyl (C=O) groups is 1. The SMILES string of the molecule is Cc1cc(C(=O)OC2CCCCN2C)no1. The van der Waals surface area contributed by atoms with Gasteiger partial charge in [-0.2, -0.15) is 0 Å². The van der Waals surface area contributed by atoms with E-state index >= 15 is 0 Å². The lowest BCUT2D eigenvalue weighted by molar-refractivity contribution is -0.0399. The summed E-state index contributed by atoms with van der Waals surface area (Å²) in [7, 11) is 1.96. The molecule has 0 amide bonds. The van der Waals surface area contributed by atoms with Crippen LogP contribution in [0.3, 0.4) is 0 Å². The largest absolute Gasteiger partial charge is 0.442 e. The Morgan fingerprint density at radius 2 is 2.44 bits per heavy atom. The Hall–Kier alpha value is -1.36. The van der Waals surface area contributed by atoms with Crippen molar-refractivity contribution in [3.05, 3.63) is 17.5 Å². The number of aromatic nitrogens is 1. The van der Waals surface area contributed by atoms with Crippen LogP contribution < -0.4 is 0 Å². The number of carbonyl (C=O) groups excluding carboxylic acids is 1. The molecule has 0 aromatic carbocycles. The zero-order valence-electron chi connectivity index (χ0n) is 9.60. The monoisotopic (exact) mass is 224 g/mol. The first-order valence-corrected chi connectivity index (χ1v) is 5.51. The first-order valence-electron chi connectivity index (χ1n) is 5.51. The van der Waals surface area contributed by atoms with Crippen molar-refractivity contribution >= 4 is 5.97 Å². The van der Waals surface area contributed by atoms with Gasteiger partial charge in [0.15, 0.2) is 11.9 Å². The minimum Gasteiger partial charge on any atom is -0.442 e. The molecule has 0 spiro atoms. The third kappa shape index (κ3) is 2.41. The van der Waals surface area contributed by atoms with Gasteiger partial charge in [0.05, 0.1) is 0 Å². The van der Waals surface area contributed by atoms with Gasteiger partial charge in [-0.1, -0.05) is 5.16 Å². The summed E-state index contributed by atoms with van der Waals surface area (Å²) in [5.74, 6) is 0.208. The highest BCUT2D eigenvalue weighted by Crippen LogP contribution is 2.17. The second-order valence-electron chi connectivity index (χ2n) is 4.16. The summed E-state index contributed by atoms with van der Waals surface area (Å²) in [6, 6.07) is 1.59. The molecule has 2 heterocycles. The van der Waals surface area contributed by atoms with Gasteiger partial charge >= 0.3 is 5.97 Å². The molecule has 1 aromatic rings. The van der Waals surface area contributed by atoms with E-state index in [0.29, 0.717) is 5.76 Å². The number of esters is 1. The minimum atomic E-state index is -0.407. The summed E-state index contributed by atoms with van der Waals surface area (Å²) >= 11 is 0. The molecule has 0 aliphatic carbocycles. The average molecular weight is 224 g/mol. The van der Waals surface area contributed by atoms with Crippen molar-refractivity contribution in [3.63, 3.8) is 0 Å². The van der Waals surface area contributed by atoms with Crippen LogP contribution in [-0.4, -0.2) is 35.8 Å². The third-order valence-electron chi connectivity index (χ3n) is 2.78. The van der Waals surface area contributed by atoms with Crippen LogP contribution in [0.25, 0.3) is 0 Å². The van der Waals surface area contributed by atoms with Gasteiger partial charge in [-0.15, -0.1) is 0 Å². The molecule has 1 aliphatic heterocycles. The molecule has 0 bridgehead atoms. The predicted octanol–water partition coefficient (Wildman–Crippen LogP) is 1.58. The Kier molecular flexibility index (Phi) is 3.24. The zero-order valence-corrected chi connectivity index (χ0v) is 9.60. The van der Waals surface area contributed by atoms with Crippen molar-refractivity contribution in [2.24, 2.45) is 0 Å². The van der Waals surface area contributed by atoms with Crippen molar-refractivity contribution in [1.29, 1.82) is 0 Å². The first-order chi connectivity index (χ1) is 7.66. The maximum Gasteiger partial charge on any atom is 0.362 e. The minimum absolute atomic E-state index is 0.127. The Balaban J connectivity index is 1.96. The van der Waals surface area contributed by atoms with Gasteiger partial charge in [0, 0.05) is 12.6 Å². The molecule has 0 radical (unpaired) electrons. The van der Waals surface area contributed by atoms with E-state index in [4.69, 9.17) is 9.26 Å². The summed E-state index contributed by atoms with van der Waals surface area (Å²) in [5, 5.41) is 3.64. The van der Waals surface area contributed by atoms with Crippen molar-refractivity contribution in [1.82, 2.24) is 10.1 Å².